The number of hydrogen-bond acceptors (Lipinski definition) is 5. The number of fused-ring (bicyclic) bond motifs is 1. The van der Waals surface area contributed by atoms with Crippen LogP contribution in [-0.4, -0.2) is 63.7 Å². The molecule has 1 N–H and O–H groups in total. The topological polar surface area (TPSA) is 83.6 Å². The van der Waals surface area contributed by atoms with Gasteiger partial charge < -0.3 is 19.5 Å². The Morgan fingerprint density at radius 1 is 0.971 bits per heavy atom. The van der Waals surface area contributed by atoms with Crippen molar-refractivity contribution in [2.75, 3.05) is 31.5 Å². The van der Waals surface area contributed by atoms with Crippen LogP contribution in [0.4, 0.5) is 19.0 Å². The number of halogens is 3. The predicted octanol–water partition coefficient (Wildman–Crippen LogP) is 3.73. The Kier molecular flexibility index (Phi) is 5.54. The van der Waals surface area contributed by atoms with Gasteiger partial charge in [-0.1, -0.05) is 30.3 Å². The lowest BCUT2D eigenvalue weighted by atomic mass is 9.96. The van der Waals surface area contributed by atoms with E-state index in [2.05, 4.69) is 10.4 Å². The van der Waals surface area contributed by atoms with Crippen molar-refractivity contribution >= 4 is 17.6 Å². The third-order valence-corrected chi connectivity index (χ3v) is 6.26. The zero-order valence-corrected chi connectivity index (χ0v) is 18.0. The number of nitrogens with zero attached hydrogens (tertiary/aromatic N) is 4. The molecule has 2 aliphatic rings. The van der Waals surface area contributed by atoms with Crippen LogP contribution >= 0.6 is 0 Å². The van der Waals surface area contributed by atoms with E-state index in [1.807, 2.05) is 0 Å². The lowest BCUT2D eigenvalue weighted by molar-refractivity contribution is -0.173. The Balaban J connectivity index is 1.36. The first kappa shape index (κ1) is 22.1. The molecule has 2 aliphatic heterocycles. The third-order valence-electron chi connectivity index (χ3n) is 6.26. The summed E-state index contributed by atoms with van der Waals surface area (Å²) in [5, 5.41) is 7.04. The molecule has 8 nitrogen and oxygen atoms in total. The van der Waals surface area contributed by atoms with Gasteiger partial charge in [0, 0.05) is 32.6 Å². The van der Waals surface area contributed by atoms with Crippen LogP contribution in [0.3, 0.4) is 0 Å². The first-order valence-electron chi connectivity index (χ1n) is 10.9. The van der Waals surface area contributed by atoms with Crippen LogP contribution in [0.5, 0.6) is 0 Å². The van der Waals surface area contributed by atoms with Gasteiger partial charge in [-0.05, 0) is 17.7 Å². The summed E-state index contributed by atoms with van der Waals surface area (Å²) >= 11 is 0. The number of amides is 2. The van der Waals surface area contributed by atoms with Crippen LogP contribution in [0.15, 0.2) is 59.3 Å². The molecule has 0 spiro atoms. The van der Waals surface area contributed by atoms with Crippen LogP contribution in [0, 0.1) is 0 Å². The summed E-state index contributed by atoms with van der Waals surface area (Å²) in [6.45, 7) is 1.08. The molecule has 0 radical (unpaired) electrons. The smallest absolute Gasteiger partial charge is 0.410 e. The quantitative estimate of drug-likeness (QED) is 0.627. The standard InChI is InChI=1S/C23H22F3N5O3/c24-23(25,26)19-13-17(15-5-2-1-3-6-15)28-20-16(14-27-31(19)20)21(32)29-8-10-30(11-9-29)22(33)18-7-4-12-34-18/h1-7,12,14,17,19,28H,8-11,13H2/t17-,19-/m0/s1. The van der Waals surface area contributed by atoms with Gasteiger partial charge >= 0.3 is 6.18 Å². The van der Waals surface area contributed by atoms with E-state index in [0.717, 1.165) is 4.68 Å². The molecular formula is C23H22F3N5O3. The van der Waals surface area contributed by atoms with Gasteiger partial charge in [0.2, 0.25) is 0 Å². The molecule has 34 heavy (non-hydrogen) atoms. The second-order valence-electron chi connectivity index (χ2n) is 8.31. The summed E-state index contributed by atoms with van der Waals surface area (Å²) in [5.74, 6) is -0.407. The largest absolute Gasteiger partial charge is 0.459 e. The minimum Gasteiger partial charge on any atom is -0.459 e. The van der Waals surface area contributed by atoms with Crippen molar-refractivity contribution in [1.82, 2.24) is 19.6 Å². The van der Waals surface area contributed by atoms with Crippen LogP contribution in [0.1, 0.15) is 45.0 Å². The van der Waals surface area contributed by atoms with E-state index < -0.39 is 24.2 Å². The maximum atomic E-state index is 13.9. The molecule has 0 saturated carbocycles. The molecule has 1 saturated heterocycles. The highest BCUT2D eigenvalue weighted by molar-refractivity contribution is 5.99. The van der Waals surface area contributed by atoms with Gasteiger partial charge in [0.05, 0.1) is 18.5 Å². The number of aromatic nitrogens is 2. The highest BCUT2D eigenvalue weighted by Gasteiger charge is 2.47. The number of rotatable bonds is 3. The molecule has 0 bridgehead atoms. The molecule has 0 unspecified atom stereocenters. The maximum absolute atomic E-state index is 13.9. The first-order valence-corrected chi connectivity index (χ1v) is 10.9. The molecule has 5 rings (SSSR count). The average Bonchev–Trinajstić information content (AvgIpc) is 3.53. The van der Waals surface area contributed by atoms with E-state index in [-0.39, 0.29) is 42.6 Å². The van der Waals surface area contributed by atoms with Crippen molar-refractivity contribution in [3.8, 4) is 0 Å². The minimum absolute atomic E-state index is 0.0570. The van der Waals surface area contributed by atoms with Gasteiger partial charge in [-0.3, -0.25) is 9.59 Å². The van der Waals surface area contributed by atoms with E-state index in [0.29, 0.717) is 18.7 Å². The highest BCUT2D eigenvalue weighted by Crippen LogP contribution is 2.44. The van der Waals surface area contributed by atoms with Crippen molar-refractivity contribution < 1.29 is 27.2 Å². The Hall–Kier alpha value is -3.76. The molecule has 178 valence electrons. The van der Waals surface area contributed by atoms with Crippen LogP contribution in [0.2, 0.25) is 0 Å². The number of furan rings is 1. The van der Waals surface area contributed by atoms with Crippen molar-refractivity contribution in [2.24, 2.45) is 0 Å². The number of hydrogen-bond donors (Lipinski definition) is 1. The molecule has 2 atom stereocenters. The molecule has 1 fully saturated rings. The van der Waals surface area contributed by atoms with Crippen molar-refractivity contribution in [1.29, 1.82) is 0 Å². The molecule has 11 heteroatoms. The molecule has 4 heterocycles. The Morgan fingerprint density at radius 2 is 1.65 bits per heavy atom. The zero-order valence-electron chi connectivity index (χ0n) is 18.0. The van der Waals surface area contributed by atoms with Crippen molar-refractivity contribution in [3.63, 3.8) is 0 Å². The maximum Gasteiger partial charge on any atom is 0.410 e. The van der Waals surface area contributed by atoms with Gasteiger partial charge in [0.1, 0.15) is 11.4 Å². The zero-order chi connectivity index (χ0) is 23.9. The van der Waals surface area contributed by atoms with Gasteiger partial charge in [0.15, 0.2) is 11.8 Å². The van der Waals surface area contributed by atoms with Crippen LogP contribution in [0.25, 0.3) is 0 Å². The SMILES string of the molecule is O=C(c1ccco1)N1CCN(C(=O)c2cnn3c2N[C@H](c2ccccc2)C[C@H]3C(F)(F)F)CC1. The van der Waals surface area contributed by atoms with Crippen molar-refractivity contribution in [3.05, 3.63) is 71.8 Å². The van der Waals surface area contributed by atoms with E-state index in [1.165, 1.54) is 17.4 Å². The van der Waals surface area contributed by atoms with Crippen LogP contribution < -0.4 is 5.32 Å². The van der Waals surface area contributed by atoms with Crippen molar-refractivity contribution in [2.45, 2.75) is 24.7 Å². The number of carbonyl (C=O) groups is 2. The normalized spacial score (nSPS) is 20.6. The van der Waals surface area contributed by atoms with Gasteiger partial charge in [-0.25, -0.2) is 4.68 Å². The fraction of sp³-hybridized carbons (Fsp3) is 0.348. The van der Waals surface area contributed by atoms with Gasteiger partial charge in [-0.2, -0.15) is 18.3 Å². The van der Waals surface area contributed by atoms with E-state index in [1.54, 1.807) is 47.4 Å². The summed E-state index contributed by atoms with van der Waals surface area (Å²) in [6, 6.07) is 9.57. The lowest BCUT2D eigenvalue weighted by Gasteiger charge is -2.36. The molecule has 0 aliphatic carbocycles. The Labute approximate surface area is 192 Å². The molecule has 1 aromatic carbocycles. The average molecular weight is 473 g/mol. The lowest BCUT2D eigenvalue weighted by Crippen LogP contribution is -2.50. The summed E-state index contributed by atoms with van der Waals surface area (Å²) < 4.78 is 47.7. The summed E-state index contributed by atoms with van der Waals surface area (Å²) in [6.07, 6.45) is -2.14. The summed E-state index contributed by atoms with van der Waals surface area (Å²) in [5.41, 5.74) is 0.786. The summed E-state index contributed by atoms with van der Waals surface area (Å²) in [7, 11) is 0. The molecule has 3 aromatic rings. The monoisotopic (exact) mass is 473 g/mol. The Bertz CT molecular complexity index is 1170. The summed E-state index contributed by atoms with van der Waals surface area (Å²) in [4.78, 5) is 28.8. The number of piperazine rings is 1. The number of carbonyl (C=O) groups excluding carboxylic acids is 2. The number of anilines is 1. The number of nitrogens with one attached hydrogen (secondary N) is 1. The number of alkyl halides is 3. The molecule has 2 amide bonds. The van der Waals surface area contributed by atoms with Crippen LogP contribution in [-0.2, 0) is 0 Å². The second-order valence-corrected chi connectivity index (χ2v) is 8.31. The van der Waals surface area contributed by atoms with E-state index in [4.69, 9.17) is 4.42 Å². The van der Waals surface area contributed by atoms with Gasteiger partial charge in [-0.15, -0.1) is 0 Å². The second kappa shape index (κ2) is 8.54. The third kappa shape index (κ3) is 4.02. The molecule has 2 aromatic heterocycles. The molecular weight excluding hydrogens is 451 g/mol. The predicted molar refractivity (Wildman–Crippen MR) is 115 cm³/mol. The minimum atomic E-state index is -4.52. The van der Waals surface area contributed by atoms with Gasteiger partial charge in [0.25, 0.3) is 11.8 Å². The van der Waals surface area contributed by atoms with E-state index in [9.17, 15) is 22.8 Å². The van der Waals surface area contributed by atoms with E-state index >= 15 is 0 Å². The first-order chi connectivity index (χ1) is 16.3. The Morgan fingerprint density at radius 3 is 2.26 bits per heavy atom. The fourth-order valence-corrected chi connectivity index (χ4v) is 4.46. The fourth-order valence-electron chi connectivity index (χ4n) is 4.46. The highest BCUT2D eigenvalue weighted by atomic mass is 19.4. The number of benzene rings is 1.